The minimum absolute atomic E-state index is 0.0939. The first-order chi connectivity index (χ1) is 8.95. The van der Waals surface area contributed by atoms with Crippen LogP contribution in [0.5, 0.6) is 0 Å². The number of carbonyl (C=O) groups excluding carboxylic acids is 1. The number of halogens is 1. The van der Waals surface area contributed by atoms with Crippen molar-refractivity contribution in [1.82, 2.24) is 4.57 Å². The van der Waals surface area contributed by atoms with Crippen LogP contribution in [0.25, 0.3) is 0 Å². The van der Waals surface area contributed by atoms with Gasteiger partial charge in [-0.15, -0.1) is 6.58 Å². The Morgan fingerprint density at radius 1 is 1.63 bits per heavy atom. The lowest BCUT2D eigenvalue weighted by molar-refractivity contribution is -0.172. The van der Waals surface area contributed by atoms with Crippen LogP contribution in [0.1, 0.15) is 24.5 Å². The van der Waals surface area contributed by atoms with Crippen molar-refractivity contribution < 1.29 is 14.6 Å². The fourth-order valence-corrected chi connectivity index (χ4v) is 2.90. The summed E-state index contributed by atoms with van der Waals surface area (Å²) in [5, 5.41) is 10.4. The SMILES string of the molecule is C=CCn1c(I)cc2c(c1=O)COC(=O)[C@]2(O)CC. The number of hydrogen-bond acceptors (Lipinski definition) is 4. The Labute approximate surface area is 124 Å². The third kappa shape index (κ3) is 2.12. The molecule has 0 saturated heterocycles. The van der Waals surface area contributed by atoms with Gasteiger partial charge in [0.15, 0.2) is 5.60 Å². The molecular weight excluding hydrogens is 361 g/mol. The molecule has 102 valence electrons. The molecule has 1 aliphatic rings. The summed E-state index contributed by atoms with van der Waals surface area (Å²) in [7, 11) is 0. The Morgan fingerprint density at radius 2 is 2.32 bits per heavy atom. The minimum atomic E-state index is -1.72. The number of ether oxygens (including phenoxy) is 1. The summed E-state index contributed by atoms with van der Waals surface area (Å²) < 4.78 is 7.12. The van der Waals surface area contributed by atoms with Crippen molar-refractivity contribution in [3.63, 3.8) is 0 Å². The van der Waals surface area contributed by atoms with Crippen molar-refractivity contribution in [2.45, 2.75) is 32.1 Å². The summed E-state index contributed by atoms with van der Waals surface area (Å²) in [5.74, 6) is -0.695. The predicted octanol–water partition coefficient (Wildman–Crippen LogP) is 1.29. The molecule has 19 heavy (non-hydrogen) atoms. The largest absolute Gasteiger partial charge is 0.458 e. The maximum absolute atomic E-state index is 12.3. The first-order valence-corrected chi connectivity index (χ1v) is 6.96. The van der Waals surface area contributed by atoms with Crippen molar-refractivity contribution >= 4 is 28.6 Å². The van der Waals surface area contributed by atoms with Gasteiger partial charge in [-0.3, -0.25) is 9.36 Å². The number of allylic oxidation sites excluding steroid dienone is 1. The quantitative estimate of drug-likeness (QED) is 0.374. The monoisotopic (exact) mass is 375 g/mol. The number of pyridine rings is 1. The number of nitrogens with zero attached hydrogens (tertiary/aromatic N) is 1. The fraction of sp³-hybridized carbons (Fsp3) is 0.385. The van der Waals surface area contributed by atoms with Crippen molar-refractivity contribution in [3.05, 3.63) is 43.9 Å². The second-order valence-electron chi connectivity index (χ2n) is 4.35. The van der Waals surface area contributed by atoms with E-state index >= 15 is 0 Å². The highest BCUT2D eigenvalue weighted by molar-refractivity contribution is 14.1. The van der Waals surface area contributed by atoms with E-state index < -0.39 is 11.6 Å². The number of carbonyl (C=O) groups is 1. The van der Waals surface area contributed by atoms with E-state index in [0.717, 1.165) is 0 Å². The molecule has 1 atom stereocenters. The number of aliphatic hydroxyl groups is 1. The third-order valence-electron chi connectivity index (χ3n) is 3.30. The van der Waals surface area contributed by atoms with Gasteiger partial charge in [0.2, 0.25) is 0 Å². The second kappa shape index (κ2) is 5.09. The summed E-state index contributed by atoms with van der Waals surface area (Å²) in [5.41, 5.74) is -1.27. The van der Waals surface area contributed by atoms with E-state index in [0.29, 0.717) is 21.4 Å². The van der Waals surface area contributed by atoms with Crippen LogP contribution in [0.4, 0.5) is 0 Å². The average Bonchev–Trinajstić information content (AvgIpc) is 2.39. The highest BCUT2D eigenvalue weighted by Crippen LogP contribution is 2.33. The lowest BCUT2D eigenvalue weighted by Crippen LogP contribution is -2.44. The normalized spacial score (nSPS) is 21.7. The van der Waals surface area contributed by atoms with Gasteiger partial charge in [0.1, 0.15) is 6.61 Å². The van der Waals surface area contributed by atoms with Crippen molar-refractivity contribution in [2.24, 2.45) is 0 Å². The van der Waals surface area contributed by atoms with Crippen LogP contribution in [-0.4, -0.2) is 15.6 Å². The molecule has 1 aliphatic heterocycles. The van der Waals surface area contributed by atoms with Gasteiger partial charge >= 0.3 is 5.97 Å². The molecule has 2 heterocycles. The summed E-state index contributed by atoms with van der Waals surface area (Å²) in [6.45, 7) is 5.57. The molecule has 0 unspecified atom stereocenters. The number of cyclic esters (lactones) is 1. The summed E-state index contributed by atoms with van der Waals surface area (Å²) >= 11 is 2.01. The minimum Gasteiger partial charge on any atom is -0.458 e. The Bertz CT molecular complexity index is 607. The molecule has 1 N–H and O–H groups in total. The number of hydrogen-bond donors (Lipinski definition) is 1. The maximum Gasteiger partial charge on any atom is 0.343 e. The predicted molar refractivity (Wildman–Crippen MR) is 77.6 cm³/mol. The van der Waals surface area contributed by atoms with Gasteiger partial charge in [0.05, 0.1) is 9.26 Å². The molecule has 5 nitrogen and oxygen atoms in total. The molecule has 0 aliphatic carbocycles. The topological polar surface area (TPSA) is 68.5 Å². The van der Waals surface area contributed by atoms with E-state index in [2.05, 4.69) is 6.58 Å². The van der Waals surface area contributed by atoms with Crippen LogP contribution in [0.2, 0.25) is 0 Å². The highest BCUT2D eigenvalue weighted by atomic mass is 127. The second-order valence-corrected chi connectivity index (χ2v) is 5.46. The van der Waals surface area contributed by atoms with Gasteiger partial charge in [0.25, 0.3) is 5.56 Å². The van der Waals surface area contributed by atoms with Gasteiger partial charge in [-0.25, -0.2) is 4.79 Å². The lowest BCUT2D eigenvalue weighted by Gasteiger charge is -2.31. The molecule has 0 bridgehead atoms. The Balaban J connectivity index is 2.73. The van der Waals surface area contributed by atoms with Crippen LogP contribution in [0.3, 0.4) is 0 Å². The molecule has 0 saturated carbocycles. The number of esters is 1. The summed E-state index contributed by atoms with van der Waals surface area (Å²) in [6.07, 6.45) is 1.79. The Morgan fingerprint density at radius 3 is 2.89 bits per heavy atom. The molecule has 0 fully saturated rings. The van der Waals surface area contributed by atoms with Crippen LogP contribution in [0.15, 0.2) is 23.5 Å². The molecule has 2 rings (SSSR count). The Kier molecular flexibility index (Phi) is 3.82. The van der Waals surface area contributed by atoms with Gasteiger partial charge in [0, 0.05) is 12.1 Å². The van der Waals surface area contributed by atoms with E-state index in [4.69, 9.17) is 4.74 Å². The van der Waals surface area contributed by atoms with E-state index in [1.54, 1.807) is 19.1 Å². The van der Waals surface area contributed by atoms with Gasteiger partial charge in [-0.1, -0.05) is 13.0 Å². The molecule has 0 radical (unpaired) electrons. The van der Waals surface area contributed by atoms with E-state index in [9.17, 15) is 14.7 Å². The number of aromatic nitrogens is 1. The molecule has 1 aromatic rings. The molecule has 6 heteroatoms. The average molecular weight is 375 g/mol. The first kappa shape index (κ1) is 14.3. The molecule has 0 spiro atoms. The van der Waals surface area contributed by atoms with E-state index in [1.165, 1.54) is 4.57 Å². The number of fused-ring (bicyclic) bond motifs is 1. The van der Waals surface area contributed by atoms with Crippen LogP contribution >= 0.6 is 22.6 Å². The fourth-order valence-electron chi connectivity index (χ4n) is 2.17. The molecular formula is C13H14INO4. The van der Waals surface area contributed by atoms with Crippen molar-refractivity contribution in [3.8, 4) is 0 Å². The van der Waals surface area contributed by atoms with Gasteiger partial charge in [-0.2, -0.15) is 0 Å². The molecule has 0 aromatic carbocycles. The summed E-state index contributed by atoms with van der Waals surface area (Å²) in [4.78, 5) is 24.1. The van der Waals surface area contributed by atoms with Crippen molar-refractivity contribution in [1.29, 1.82) is 0 Å². The Hall–Kier alpha value is -1.15. The third-order valence-corrected chi connectivity index (χ3v) is 4.20. The van der Waals surface area contributed by atoms with Gasteiger partial charge in [-0.05, 0) is 35.1 Å². The van der Waals surface area contributed by atoms with E-state index in [-0.39, 0.29) is 18.6 Å². The smallest absolute Gasteiger partial charge is 0.343 e. The van der Waals surface area contributed by atoms with Crippen LogP contribution in [-0.2, 0) is 28.3 Å². The van der Waals surface area contributed by atoms with Crippen molar-refractivity contribution in [2.75, 3.05) is 0 Å². The first-order valence-electron chi connectivity index (χ1n) is 5.89. The standard InChI is InChI=1S/C13H14INO4/c1-3-5-15-10(14)6-9-8(11(15)16)7-19-12(17)13(9,18)4-2/h3,6,18H,1,4-5,7H2,2H3/t13-/m0/s1. The highest BCUT2D eigenvalue weighted by Gasteiger charge is 2.44. The molecule has 0 amide bonds. The zero-order valence-electron chi connectivity index (χ0n) is 10.5. The summed E-state index contributed by atoms with van der Waals surface area (Å²) in [6, 6.07) is 1.67. The zero-order chi connectivity index (χ0) is 14.2. The lowest BCUT2D eigenvalue weighted by atomic mass is 9.87. The van der Waals surface area contributed by atoms with Gasteiger partial charge < -0.3 is 9.84 Å². The zero-order valence-corrected chi connectivity index (χ0v) is 12.6. The van der Waals surface area contributed by atoms with Crippen LogP contribution < -0.4 is 5.56 Å². The maximum atomic E-state index is 12.3. The van der Waals surface area contributed by atoms with Crippen LogP contribution in [0, 0.1) is 3.70 Å². The van der Waals surface area contributed by atoms with E-state index in [1.807, 2.05) is 22.6 Å². The number of rotatable bonds is 3. The molecule has 1 aromatic heterocycles.